The molecule has 6 nitrogen and oxygen atoms in total. The van der Waals surface area contributed by atoms with E-state index in [2.05, 4.69) is 4.98 Å². The molecule has 0 radical (unpaired) electrons. The van der Waals surface area contributed by atoms with Gasteiger partial charge < -0.3 is 14.5 Å². The molecule has 2 fully saturated rings. The van der Waals surface area contributed by atoms with Crippen LogP contribution in [0.4, 0.5) is 0 Å². The SMILES string of the molecule is O=C(C[C@H]1CN(C(=O)Cc2cccnc2)CC[C@@H]1Oc1cccc(Cl)c1)N1CCCCC1. The summed E-state index contributed by atoms with van der Waals surface area (Å²) in [4.78, 5) is 33.9. The van der Waals surface area contributed by atoms with E-state index >= 15 is 0 Å². The molecule has 2 aliphatic heterocycles. The molecular weight excluding hydrogens is 426 g/mol. The molecule has 0 aliphatic carbocycles. The van der Waals surface area contributed by atoms with E-state index in [4.69, 9.17) is 16.3 Å². The molecule has 0 saturated carbocycles. The summed E-state index contributed by atoms with van der Waals surface area (Å²) in [6, 6.07) is 11.1. The van der Waals surface area contributed by atoms with E-state index in [0.29, 0.717) is 43.1 Å². The lowest BCUT2D eigenvalue weighted by Crippen LogP contribution is -2.50. The summed E-state index contributed by atoms with van der Waals surface area (Å²) in [6.07, 6.45) is 8.00. The Morgan fingerprint density at radius 3 is 2.62 bits per heavy atom. The second-order valence-corrected chi connectivity index (χ2v) is 9.12. The number of nitrogens with zero attached hydrogens (tertiary/aromatic N) is 3. The Bertz CT molecular complexity index is 918. The number of amides is 2. The number of carbonyl (C=O) groups is 2. The van der Waals surface area contributed by atoms with Crippen LogP contribution in [0.25, 0.3) is 0 Å². The summed E-state index contributed by atoms with van der Waals surface area (Å²) < 4.78 is 6.28. The minimum Gasteiger partial charge on any atom is -0.490 e. The topological polar surface area (TPSA) is 62.7 Å². The van der Waals surface area contributed by atoms with E-state index in [-0.39, 0.29) is 23.8 Å². The van der Waals surface area contributed by atoms with Crippen molar-refractivity contribution in [3.05, 3.63) is 59.4 Å². The third-order valence-electron chi connectivity index (χ3n) is 6.32. The largest absolute Gasteiger partial charge is 0.490 e. The summed E-state index contributed by atoms with van der Waals surface area (Å²) in [5.41, 5.74) is 0.899. The minimum absolute atomic E-state index is 0.0602. The van der Waals surface area contributed by atoms with Crippen molar-refractivity contribution < 1.29 is 14.3 Å². The highest BCUT2D eigenvalue weighted by Crippen LogP contribution is 2.28. The van der Waals surface area contributed by atoms with Gasteiger partial charge in [0.15, 0.2) is 0 Å². The van der Waals surface area contributed by atoms with E-state index in [1.54, 1.807) is 18.5 Å². The zero-order valence-corrected chi connectivity index (χ0v) is 19.0. The lowest BCUT2D eigenvalue weighted by atomic mass is 9.90. The standard InChI is InChI=1S/C25H30ClN3O3/c26-21-7-4-8-22(16-21)32-23-9-13-29(24(30)14-19-6-5-10-27-17-19)18-20(23)15-25(31)28-11-2-1-3-12-28/h4-8,10,16-17,20,23H,1-3,9,11-15,18H2/t20-,23-/m0/s1. The summed E-state index contributed by atoms with van der Waals surface area (Å²) >= 11 is 6.13. The quantitative estimate of drug-likeness (QED) is 0.661. The Kier molecular flexibility index (Phi) is 7.63. The molecule has 0 unspecified atom stereocenters. The van der Waals surface area contributed by atoms with Crippen LogP contribution in [-0.2, 0) is 16.0 Å². The number of aromatic nitrogens is 1. The third-order valence-corrected chi connectivity index (χ3v) is 6.56. The molecule has 0 bridgehead atoms. The van der Waals surface area contributed by atoms with Crippen LogP contribution in [0.3, 0.4) is 0 Å². The monoisotopic (exact) mass is 455 g/mol. The molecule has 0 N–H and O–H groups in total. The number of rotatable bonds is 6. The molecule has 2 aliphatic rings. The van der Waals surface area contributed by atoms with Gasteiger partial charge in [-0.2, -0.15) is 0 Å². The number of likely N-dealkylation sites (tertiary alicyclic amines) is 2. The van der Waals surface area contributed by atoms with Gasteiger partial charge in [-0.3, -0.25) is 14.6 Å². The number of hydrogen-bond acceptors (Lipinski definition) is 4. The van der Waals surface area contributed by atoms with Gasteiger partial charge in [-0.25, -0.2) is 0 Å². The molecule has 2 atom stereocenters. The van der Waals surface area contributed by atoms with Crippen molar-refractivity contribution in [1.82, 2.24) is 14.8 Å². The molecule has 4 rings (SSSR count). The lowest BCUT2D eigenvalue weighted by Gasteiger charge is -2.39. The Morgan fingerprint density at radius 1 is 1.03 bits per heavy atom. The normalized spacial score (nSPS) is 21.3. The Balaban J connectivity index is 1.45. The van der Waals surface area contributed by atoms with Crippen LogP contribution >= 0.6 is 11.6 Å². The second-order valence-electron chi connectivity index (χ2n) is 8.69. The number of halogens is 1. The van der Waals surface area contributed by atoms with Gasteiger partial charge in [0.25, 0.3) is 0 Å². The first-order valence-corrected chi connectivity index (χ1v) is 11.8. The number of carbonyl (C=O) groups excluding carboxylic acids is 2. The van der Waals surface area contributed by atoms with Gasteiger partial charge in [0.1, 0.15) is 11.9 Å². The maximum atomic E-state index is 13.0. The Morgan fingerprint density at radius 2 is 1.88 bits per heavy atom. The first kappa shape index (κ1) is 22.6. The van der Waals surface area contributed by atoms with E-state index in [9.17, 15) is 9.59 Å². The fourth-order valence-corrected chi connectivity index (χ4v) is 4.77. The molecule has 2 amide bonds. The van der Waals surface area contributed by atoms with E-state index in [1.807, 2.05) is 40.1 Å². The smallest absolute Gasteiger partial charge is 0.227 e. The third kappa shape index (κ3) is 6.00. The Labute approximate surface area is 194 Å². The molecular formula is C25H30ClN3O3. The van der Waals surface area contributed by atoms with Crippen molar-refractivity contribution in [2.45, 2.75) is 44.6 Å². The minimum atomic E-state index is -0.135. The van der Waals surface area contributed by atoms with Crippen LogP contribution in [0, 0.1) is 5.92 Å². The number of pyridine rings is 1. The van der Waals surface area contributed by atoms with Gasteiger partial charge in [0, 0.05) is 62.4 Å². The molecule has 7 heteroatoms. The summed E-state index contributed by atoms with van der Waals surface area (Å²) in [6.45, 7) is 2.78. The Hall–Kier alpha value is -2.60. The summed E-state index contributed by atoms with van der Waals surface area (Å²) in [7, 11) is 0. The molecule has 0 spiro atoms. The first-order valence-electron chi connectivity index (χ1n) is 11.4. The molecule has 32 heavy (non-hydrogen) atoms. The van der Waals surface area contributed by atoms with E-state index in [0.717, 1.165) is 31.5 Å². The van der Waals surface area contributed by atoms with Crippen LogP contribution in [0.15, 0.2) is 48.8 Å². The summed E-state index contributed by atoms with van der Waals surface area (Å²) in [5.74, 6) is 0.869. The van der Waals surface area contributed by atoms with E-state index in [1.165, 1.54) is 6.42 Å². The van der Waals surface area contributed by atoms with Gasteiger partial charge in [-0.1, -0.05) is 23.7 Å². The number of benzene rings is 1. The molecule has 2 saturated heterocycles. The van der Waals surface area contributed by atoms with Crippen LogP contribution < -0.4 is 4.74 Å². The highest BCUT2D eigenvalue weighted by Gasteiger charge is 2.35. The van der Waals surface area contributed by atoms with Gasteiger partial charge >= 0.3 is 0 Å². The van der Waals surface area contributed by atoms with Crippen molar-refractivity contribution in [2.24, 2.45) is 5.92 Å². The summed E-state index contributed by atoms with van der Waals surface area (Å²) in [5, 5.41) is 0.618. The van der Waals surface area contributed by atoms with Crippen molar-refractivity contribution in [2.75, 3.05) is 26.2 Å². The highest BCUT2D eigenvalue weighted by atomic mass is 35.5. The number of hydrogen-bond donors (Lipinski definition) is 0. The molecule has 2 aromatic rings. The maximum absolute atomic E-state index is 13.0. The van der Waals surface area contributed by atoms with Crippen molar-refractivity contribution >= 4 is 23.4 Å². The fourth-order valence-electron chi connectivity index (χ4n) is 4.59. The van der Waals surface area contributed by atoms with Gasteiger partial charge in [0.2, 0.25) is 11.8 Å². The predicted molar refractivity (Wildman–Crippen MR) is 124 cm³/mol. The lowest BCUT2D eigenvalue weighted by molar-refractivity contribution is -0.139. The predicted octanol–water partition coefficient (Wildman–Crippen LogP) is 3.98. The van der Waals surface area contributed by atoms with Crippen molar-refractivity contribution in [3.63, 3.8) is 0 Å². The van der Waals surface area contributed by atoms with Crippen LogP contribution in [-0.4, -0.2) is 58.9 Å². The number of ether oxygens (including phenoxy) is 1. The fraction of sp³-hybridized carbons (Fsp3) is 0.480. The number of piperidine rings is 2. The zero-order valence-electron chi connectivity index (χ0n) is 18.3. The van der Waals surface area contributed by atoms with Gasteiger partial charge in [-0.15, -0.1) is 0 Å². The van der Waals surface area contributed by atoms with E-state index < -0.39 is 0 Å². The van der Waals surface area contributed by atoms with Gasteiger partial charge in [0.05, 0.1) is 6.42 Å². The van der Waals surface area contributed by atoms with Crippen molar-refractivity contribution in [3.8, 4) is 5.75 Å². The molecule has 3 heterocycles. The second kappa shape index (κ2) is 10.8. The molecule has 1 aromatic heterocycles. The van der Waals surface area contributed by atoms with Crippen LogP contribution in [0.1, 0.15) is 37.7 Å². The average Bonchev–Trinajstić information content (AvgIpc) is 2.81. The zero-order chi connectivity index (χ0) is 22.3. The van der Waals surface area contributed by atoms with Crippen LogP contribution in [0.5, 0.6) is 5.75 Å². The molecule has 1 aromatic carbocycles. The first-order chi connectivity index (χ1) is 15.6. The average molecular weight is 456 g/mol. The van der Waals surface area contributed by atoms with Gasteiger partial charge in [-0.05, 0) is 49.1 Å². The molecule has 170 valence electrons. The maximum Gasteiger partial charge on any atom is 0.227 e. The van der Waals surface area contributed by atoms with Crippen LogP contribution in [0.2, 0.25) is 5.02 Å². The highest BCUT2D eigenvalue weighted by molar-refractivity contribution is 6.30. The van der Waals surface area contributed by atoms with Crippen molar-refractivity contribution in [1.29, 1.82) is 0 Å².